The van der Waals surface area contributed by atoms with Crippen LogP contribution in [0.15, 0.2) is 11.6 Å². The first-order valence-corrected chi connectivity index (χ1v) is 2.16. The van der Waals surface area contributed by atoms with Crippen molar-refractivity contribution in [1.82, 2.24) is 0 Å². The fourth-order valence-electron chi connectivity index (χ4n) is 0.274. The second kappa shape index (κ2) is 3.35. The van der Waals surface area contributed by atoms with Gasteiger partial charge in [0.1, 0.15) is 6.29 Å². The summed E-state index contributed by atoms with van der Waals surface area (Å²) >= 11 is 0. The van der Waals surface area contributed by atoms with E-state index >= 15 is 0 Å². The lowest BCUT2D eigenvalue weighted by Crippen LogP contribution is -1.99. The van der Waals surface area contributed by atoms with Gasteiger partial charge < -0.3 is 10.2 Å². The standard InChI is InChI=1S/C5H8O3/c1-4(3-6)2-5(7)8/h2-3,5,7-8H,1H3. The summed E-state index contributed by atoms with van der Waals surface area (Å²) in [5.41, 5.74) is 0.319. The summed E-state index contributed by atoms with van der Waals surface area (Å²) in [7, 11) is 0. The highest BCUT2D eigenvalue weighted by atomic mass is 16.5. The molecule has 0 aromatic carbocycles. The molecular weight excluding hydrogens is 108 g/mol. The normalized spacial score (nSPS) is 12.2. The van der Waals surface area contributed by atoms with Crippen LogP contribution < -0.4 is 0 Å². The minimum atomic E-state index is -1.51. The summed E-state index contributed by atoms with van der Waals surface area (Å²) in [4.78, 5) is 9.75. The third-order valence-corrected chi connectivity index (χ3v) is 0.598. The van der Waals surface area contributed by atoms with E-state index in [2.05, 4.69) is 0 Å². The molecule has 0 amide bonds. The zero-order valence-corrected chi connectivity index (χ0v) is 4.53. The smallest absolute Gasteiger partial charge is 0.171 e. The maximum Gasteiger partial charge on any atom is 0.171 e. The van der Waals surface area contributed by atoms with Crippen LogP contribution in [-0.2, 0) is 4.79 Å². The molecule has 0 aromatic heterocycles. The average molecular weight is 116 g/mol. The predicted molar refractivity (Wildman–Crippen MR) is 28.0 cm³/mol. The van der Waals surface area contributed by atoms with Crippen molar-refractivity contribution >= 4 is 6.29 Å². The molecule has 0 spiro atoms. The van der Waals surface area contributed by atoms with Gasteiger partial charge in [-0.25, -0.2) is 0 Å². The number of hydrogen-bond acceptors (Lipinski definition) is 3. The first kappa shape index (κ1) is 7.33. The van der Waals surface area contributed by atoms with Crippen LogP contribution in [0.3, 0.4) is 0 Å². The monoisotopic (exact) mass is 116 g/mol. The molecule has 0 bridgehead atoms. The molecule has 0 unspecified atom stereocenters. The Bertz CT molecular complexity index is 104. The molecule has 0 saturated carbocycles. The van der Waals surface area contributed by atoms with Crippen molar-refractivity contribution in [3.05, 3.63) is 11.6 Å². The summed E-state index contributed by atoms with van der Waals surface area (Å²) in [6.07, 6.45) is 0.0899. The number of aldehydes is 1. The van der Waals surface area contributed by atoms with Crippen LogP contribution in [0.25, 0.3) is 0 Å². The third-order valence-electron chi connectivity index (χ3n) is 0.598. The highest BCUT2D eigenvalue weighted by Gasteiger charge is 1.89. The van der Waals surface area contributed by atoms with E-state index in [0.717, 1.165) is 6.08 Å². The molecule has 2 N–H and O–H groups in total. The van der Waals surface area contributed by atoms with Gasteiger partial charge in [-0.2, -0.15) is 0 Å². The lowest BCUT2D eigenvalue weighted by molar-refractivity contribution is -0.105. The van der Waals surface area contributed by atoms with E-state index in [0.29, 0.717) is 11.9 Å². The quantitative estimate of drug-likeness (QED) is 0.289. The van der Waals surface area contributed by atoms with Gasteiger partial charge in [0, 0.05) is 0 Å². The van der Waals surface area contributed by atoms with Crippen molar-refractivity contribution in [3.8, 4) is 0 Å². The number of carbonyl (C=O) groups is 1. The molecule has 0 saturated heterocycles. The van der Waals surface area contributed by atoms with Gasteiger partial charge in [-0.1, -0.05) is 0 Å². The second-order valence-electron chi connectivity index (χ2n) is 1.44. The van der Waals surface area contributed by atoms with E-state index in [9.17, 15) is 4.79 Å². The molecule has 0 fully saturated rings. The van der Waals surface area contributed by atoms with Gasteiger partial charge in [-0.05, 0) is 18.6 Å². The fourth-order valence-corrected chi connectivity index (χ4v) is 0.274. The topological polar surface area (TPSA) is 57.5 Å². The Balaban J connectivity index is 3.74. The van der Waals surface area contributed by atoms with Crippen molar-refractivity contribution in [2.24, 2.45) is 0 Å². The molecular formula is C5H8O3. The molecule has 8 heavy (non-hydrogen) atoms. The van der Waals surface area contributed by atoms with Crippen LogP contribution in [-0.4, -0.2) is 22.8 Å². The Kier molecular flexibility index (Phi) is 3.07. The van der Waals surface area contributed by atoms with Crippen LogP contribution in [0.2, 0.25) is 0 Å². The third kappa shape index (κ3) is 3.52. The molecule has 0 rings (SSSR count). The predicted octanol–water partition coefficient (Wildman–Crippen LogP) is -0.558. The van der Waals surface area contributed by atoms with Gasteiger partial charge >= 0.3 is 0 Å². The van der Waals surface area contributed by atoms with E-state index in [1.807, 2.05) is 0 Å². The van der Waals surface area contributed by atoms with Crippen LogP contribution in [0.5, 0.6) is 0 Å². The van der Waals surface area contributed by atoms with Gasteiger partial charge in [-0.3, -0.25) is 4.79 Å². The van der Waals surface area contributed by atoms with Gasteiger partial charge in [0.25, 0.3) is 0 Å². The SMILES string of the molecule is CC(C=O)=CC(O)O. The Labute approximate surface area is 47.3 Å². The van der Waals surface area contributed by atoms with Gasteiger partial charge in [-0.15, -0.1) is 0 Å². The molecule has 0 aliphatic heterocycles. The minimum Gasteiger partial charge on any atom is -0.365 e. The van der Waals surface area contributed by atoms with Crippen LogP contribution >= 0.6 is 0 Å². The number of carbonyl (C=O) groups excluding carboxylic acids is 1. The van der Waals surface area contributed by atoms with Crippen molar-refractivity contribution in [2.75, 3.05) is 0 Å². The number of aliphatic hydroxyl groups is 2. The maximum atomic E-state index is 9.75. The number of rotatable bonds is 2. The van der Waals surface area contributed by atoms with Gasteiger partial charge in [0.2, 0.25) is 0 Å². The lowest BCUT2D eigenvalue weighted by atomic mass is 10.3. The van der Waals surface area contributed by atoms with E-state index in [1.54, 1.807) is 0 Å². The highest BCUT2D eigenvalue weighted by molar-refractivity contribution is 5.72. The first-order valence-electron chi connectivity index (χ1n) is 2.16. The van der Waals surface area contributed by atoms with E-state index < -0.39 is 6.29 Å². The lowest BCUT2D eigenvalue weighted by Gasteiger charge is -1.91. The summed E-state index contributed by atoms with van der Waals surface area (Å²) in [6, 6.07) is 0. The van der Waals surface area contributed by atoms with Gasteiger partial charge in [0.15, 0.2) is 6.29 Å². The van der Waals surface area contributed by atoms with Crippen LogP contribution in [0.1, 0.15) is 6.92 Å². The molecule has 0 atom stereocenters. The van der Waals surface area contributed by atoms with Crippen molar-refractivity contribution in [1.29, 1.82) is 0 Å². The molecule has 3 heteroatoms. The summed E-state index contributed by atoms with van der Waals surface area (Å²) in [5.74, 6) is 0. The maximum absolute atomic E-state index is 9.75. The molecule has 0 heterocycles. The number of aliphatic hydroxyl groups excluding tert-OH is 1. The highest BCUT2D eigenvalue weighted by Crippen LogP contribution is 1.87. The molecule has 0 aliphatic rings. The van der Waals surface area contributed by atoms with Gasteiger partial charge in [0.05, 0.1) is 0 Å². The number of hydrogen-bond donors (Lipinski definition) is 2. The van der Waals surface area contributed by atoms with Crippen molar-refractivity contribution < 1.29 is 15.0 Å². The van der Waals surface area contributed by atoms with Crippen LogP contribution in [0, 0.1) is 0 Å². The van der Waals surface area contributed by atoms with E-state index in [-0.39, 0.29) is 0 Å². The zero-order chi connectivity index (χ0) is 6.57. The Morgan fingerprint density at radius 2 is 2.12 bits per heavy atom. The summed E-state index contributed by atoms with van der Waals surface area (Å²) in [6.45, 7) is 1.49. The largest absolute Gasteiger partial charge is 0.365 e. The zero-order valence-electron chi connectivity index (χ0n) is 4.53. The first-order chi connectivity index (χ1) is 3.66. The molecule has 0 radical (unpaired) electrons. The average Bonchev–Trinajstić information content (AvgIpc) is 1.65. The van der Waals surface area contributed by atoms with E-state index in [4.69, 9.17) is 10.2 Å². The molecule has 0 aliphatic carbocycles. The van der Waals surface area contributed by atoms with E-state index in [1.165, 1.54) is 6.92 Å². The minimum absolute atomic E-state index is 0.319. The van der Waals surface area contributed by atoms with Crippen molar-refractivity contribution in [2.45, 2.75) is 13.2 Å². The Morgan fingerprint density at radius 3 is 2.25 bits per heavy atom. The Morgan fingerprint density at radius 1 is 1.62 bits per heavy atom. The number of allylic oxidation sites excluding steroid dienone is 1. The van der Waals surface area contributed by atoms with Crippen molar-refractivity contribution in [3.63, 3.8) is 0 Å². The fraction of sp³-hybridized carbons (Fsp3) is 0.400. The Hall–Kier alpha value is -0.670. The molecule has 0 aromatic rings. The van der Waals surface area contributed by atoms with Crippen LogP contribution in [0.4, 0.5) is 0 Å². The summed E-state index contributed by atoms with van der Waals surface area (Å²) < 4.78 is 0. The summed E-state index contributed by atoms with van der Waals surface area (Å²) in [5, 5.41) is 16.3. The second-order valence-corrected chi connectivity index (χ2v) is 1.44. The molecule has 3 nitrogen and oxygen atoms in total. The molecule has 46 valence electrons.